The lowest BCUT2D eigenvalue weighted by atomic mass is 9.68. The summed E-state index contributed by atoms with van der Waals surface area (Å²) in [4.78, 5) is 13.4. The molecule has 7 heteroatoms. The van der Waals surface area contributed by atoms with Gasteiger partial charge in [-0.2, -0.15) is 13.2 Å². The van der Waals surface area contributed by atoms with Gasteiger partial charge in [-0.1, -0.05) is 20.8 Å². The lowest BCUT2D eigenvalue weighted by molar-refractivity contribution is -0.315. The number of amides is 1. The molecule has 0 bridgehead atoms. The molecule has 0 radical (unpaired) electrons. The van der Waals surface area contributed by atoms with Crippen molar-refractivity contribution in [3.63, 3.8) is 0 Å². The highest BCUT2D eigenvalue weighted by Crippen LogP contribution is 2.49. The van der Waals surface area contributed by atoms with Gasteiger partial charge in [0.1, 0.15) is 5.60 Å². The van der Waals surface area contributed by atoms with Crippen LogP contribution in [-0.2, 0) is 4.74 Å². The summed E-state index contributed by atoms with van der Waals surface area (Å²) < 4.78 is 46.4. The van der Waals surface area contributed by atoms with Crippen LogP contribution in [0.1, 0.15) is 60.8 Å². The Morgan fingerprint density at radius 2 is 1.61 bits per heavy atom. The first kappa shape index (κ1) is 20.1. The predicted molar refractivity (Wildman–Crippen MR) is 81.0 cm³/mol. The molecule has 1 N–H and O–H groups in total. The minimum atomic E-state index is -4.85. The van der Waals surface area contributed by atoms with Crippen molar-refractivity contribution >= 4 is 6.09 Å². The summed E-state index contributed by atoms with van der Waals surface area (Å²) in [6, 6.07) is -1.36. The second kappa shape index (κ2) is 6.15. The summed E-state index contributed by atoms with van der Waals surface area (Å²) in [7, 11) is 0. The molecule has 1 amide bonds. The van der Waals surface area contributed by atoms with Crippen LogP contribution in [0.3, 0.4) is 0 Å². The van der Waals surface area contributed by atoms with E-state index in [0.29, 0.717) is 12.8 Å². The van der Waals surface area contributed by atoms with Crippen LogP contribution in [0.4, 0.5) is 18.0 Å². The van der Waals surface area contributed by atoms with E-state index in [0.717, 1.165) is 4.90 Å². The predicted octanol–water partition coefficient (Wildman–Crippen LogP) is 4.12. The van der Waals surface area contributed by atoms with Gasteiger partial charge in [0.25, 0.3) is 0 Å². The highest BCUT2D eigenvalue weighted by Gasteiger charge is 2.66. The Balaban J connectivity index is 3.25. The Hall–Kier alpha value is -0.980. The lowest BCUT2D eigenvalue weighted by Gasteiger charge is -2.51. The molecule has 0 saturated carbocycles. The van der Waals surface area contributed by atoms with Crippen molar-refractivity contribution < 1.29 is 27.8 Å². The quantitative estimate of drug-likeness (QED) is 0.782. The number of rotatable bonds is 1. The molecule has 0 aromatic heterocycles. The van der Waals surface area contributed by atoms with E-state index in [4.69, 9.17) is 4.74 Å². The number of halogens is 3. The number of alkyl halides is 3. The first-order valence-electron chi connectivity index (χ1n) is 7.90. The van der Waals surface area contributed by atoms with E-state index in [2.05, 4.69) is 0 Å². The topological polar surface area (TPSA) is 49.8 Å². The first-order chi connectivity index (χ1) is 10.1. The van der Waals surface area contributed by atoms with Crippen LogP contribution in [0.2, 0.25) is 0 Å². The van der Waals surface area contributed by atoms with Gasteiger partial charge in [-0.05, 0) is 40.0 Å². The average molecular weight is 339 g/mol. The molecule has 2 unspecified atom stereocenters. The Bertz CT molecular complexity index is 421. The number of ether oxygens (including phenoxy) is 1. The number of nitrogens with zero attached hydrogens (tertiary/aromatic N) is 1. The van der Waals surface area contributed by atoms with E-state index in [1.807, 2.05) is 0 Å². The summed E-state index contributed by atoms with van der Waals surface area (Å²) in [6.07, 6.45) is -4.46. The van der Waals surface area contributed by atoms with Crippen LogP contribution < -0.4 is 0 Å². The second-order valence-corrected chi connectivity index (χ2v) is 8.20. The zero-order valence-corrected chi connectivity index (χ0v) is 14.8. The summed E-state index contributed by atoms with van der Waals surface area (Å²) >= 11 is 0. The first-order valence-corrected chi connectivity index (χ1v) is 7.90. The fraction of sp³-hybridized carbons (Fsp3) is 0.938. The maximum Gasteiger partial charge on any atom is 0.419 e. The van der Waals surface area contributed by atoms with Crippen molar-refractivity contribution in [1.82, 2.24) is 4.90 Å². The Morgan fingerprint density at radius 1 is 1.09 bits per heavy atom. The van der Waals surface area contributed by atoms with Crippen LogP contribution >= 0.6 is 0 Å². The van der Waals surface area contributed by atoms with Gasteiger partial charge in [0, 0.05) is 12.0 Å². The van der Waals surface area contributed by atoms with Crippen LogP contribution in [0.15, 0.2) is 0 Å². The maximum absolute atomic E-state index is 13.7. The zero-order valence-electron chi connectivity index (χ0n) is 14.8. The molecule has 0 aromatic rings. The number of carbonyl (C=O) groups is 1. The van der Waals surface area contributed by atoms with Gasteiger partial charge >= 0.3 is 12.3 Å². The molecular weight excluding hydrogens is 311 g/mol. The number of hydrogen-bond acceptors (Lipinski definition) is 3. The molecule has 1 fully saturated rings. The van der Waals surface area contributed by atoms with Gasteiger partial charge < -0.3 is 14.7 Å². The van der Waals surface area contributed by atoms with E-state index in [9.17, 15) is 23.1 Å². The number of aliphatic hydroxyl groups is 1. The molecule has 0 aliphatic carbocycles. The minimum Gasteiger partial charge on any atom is -0.444 e. The molecule has 1 aliphatic heterocycles. The van der Waals surface area contributed by atoms with Crippen molar-refractivity contribution in [2.45, 2.75) is 84.2 Å². The van der Waals surface area contributed by atoms with Crippen molar-refractivity contribution in [2.75, 3.05) is 6.54 Å². The number of hydrogen-bond donors (Lipinski definition) is 1. The van der Waals surface area contributed by atoms with Crippen LogP contribution in [0.5, 0.6) is 0 Å². The molecule has 1 saturated heterocycles. The summed E-state index contributed by atoms with van der Waals surface area (Å²) in [5.41, 5.74) is -5.29. The molecule has 23 heavy (non-hydrogen) atoms. The number of piperidine rings is 1. The van der Waals surface area contributed by atoms with Gasteiger partial charge in [0.05, 0.1) is 6.04 Å². The SMILES string of the molecule is CC(C)(C)OC(=O)N1CCCCC1C(O)(C(C)(C)C)C(F)(F)F. The van der Waals surface area contributed by atoms with Gasteiger partial charge in [-0.15, -0.1) is 0 Å². The van der Waals surface area contributed by atoms with Gasteiger partial charge in [-0.25, -0.2) is 4.79 Å². The Labute approximate surface area is 136 Å². The van der Waals surface area contributed by atoms with Crippen molar-refractivity contribution in [3.05, 3.63) is 0 Å². The van der Waals surface area contributed by atoms with Crippen LogP contribution in [-0.4, -0.2) is 46.1 Å². The van der Waals surface area contributed by atoms with E-state index < -0.39 is 34.9 Å². The smallest absolute Gasteiger partial charge is 0.419 e. The molecule has 2 atom stereocenters. The largest absolute Gasteiger partial charge is 0.444 e. The average Bonchev–Trinajstić information content (AvgIpc) is 2.33. The fourth-order valence-corrected chi connectivity index (χ4v) is 3.02. The van der Waals surface area contributed by atoms with Crippen LogP contribution in [0.25, 0.3) is 0 Å². The minimum absolute atomic E-state index is 0.0898. The fourth-order valence-electron chi connectivity index (χ4n) is 3.02. The highest BCUT2D eigenvalue weighted by molar-refractivity contribution is 5.69. The molecule has 0 spiro atoms. The normalized spacial score (nSPS) is 23.4. The van der Waals surface area contributed by atoms with Gasteiger partial charge in [-0.3, -0.25) is 0 Å². The molecule has 1 aliphatic rings. The third-order valence-corrected chi connectivity index (χ3v) is 4.19. The van der Waals surface area contributed by atoms with Crippen molar-refractivity contribution in [2.24, 2.45) is 5.41 Å². The summed E-state index contributed by atoms with van der Waals surface area (Å²) in [5, 5.41) is 10.7. The zero-order chi connectivity index (χ0) is 18.3. The monoisotopic (exact) mass is 339 g/mol. The third kappa shape index (κ3) is 4.11. The van der Waals surface area contributed by atoms with E-state index in [1.165, 1.54) is 20.8 Å². The van der Waals surface area contributed by atoms with Crippen LogP contribution in [0, 0.1) is 5.41 Å². The summed E-state index contributed by atoms with van der Waals surface area (Å²) in [5.74, 6) is 0. The Kier molecular flexibility index (Phi) is 5.36. The highest BCUT2D eigenvalue weighted by atomic mass is 19.4. The molecule has 1 rings (SSSR count). The molecule has 4 nitrogen and oxygen atoms in total. The van der Waals surface area contributed by atoms with Gasteiger partial charge in [0.2, 0.25) is 0 Å². The van der Waals surface area contributed by atoms with Gasteiger partial charge in [0.15, 0.2) is 5.60 Å². The maximum atomic E-state index is 13.7. The molecule has 0 aromatic carbocycles. The van der Waals surface area contributed by atoms with Crippen molar-refractivity contribution in [1.29, 1.82) is 0 Å². The van der Waals surface area contributed by atoms with E-state index in [-0.39, 0.29) is 13.0 Å². The van der Waals surface area contributed by atoms with Crippen molar-refractivity contribution in [3.8, 4) is 0 Å². The van der Waals surface area contributed by atoms with E-state index >= 15 is 0 Å². The Morgan fingerprint density at radius 3 is 2.00 bits per heavy atom. The lowest BCUT2D eigenvalue weighted by Crippen LogP contribution is -2.69. The molecule has 136 valence electrons. The van der Waals surface area contributed by atoms with E-state index in [1.54, 1.807) is 20.8 Å². The second-order valence-electron chi connectivity index (χ2n) is 8.20. The third-order valence-electron chi connectivity index (χ3n) is 4.19. The number of likely N-dealkylation sites (tertiary alicyclic amines) is 1. The molecule has 1 heterocycles. The standard InChI is InChI=1S/C16H28F3NO3/c1-13(2,3)15(22,16(17,18)19)11-9-7-8-10-20(11)12(21)23-14(4,5)6/h11,22H,7-10H2,1-6H3. The molecular formula is C16H28F3NO3. The summed E-state index contributed by atoms with van der Waals surface area (Å²) in [6.45, 7) is 9.12. The number of carbonyl (C=O) groups excluding carboxylic acids is 1.